The number of anilines is 2. The SMILES string of the molecule is COc1cccc(C(=O)Nc2ccc(S(=O)(=O)Nc3nc(C)cc(C)n3)cc2)c1. The van der Waals surface area contributed by atoms with E-state index >= 15 is 0 Å². The van der Waals surface area contributed by atoms with Crippen LogP contribution in [0.15, 0.2) is 59.5 Å². The van der Waals surface area contributed by atoms with E-state index < -0.39 is 10.0 Å². The summed E-state index contributed by atoms with van der Waals surface area (Å²) in [6.07, 6.45) is 0. The predicted molar refractivity (Wildman–Crippen MR) is 110 cm³/mol. The molecule has 0 atom stereocenters. The van der Waals surface area contributed by atoms with Crippen LogP contribution in [0.4, 0.5) is 11.6 Å². The number of methoxy groups -OCH3 is 1. The average molecular weight is 412 g/mol. The quantitative estimate of drug-likeness (QED) is 0.643. The zero-order valence-corrected chi connectivity index (χ0v) is 16.9. The standard InChI is InChI=1S/C20H20N4O4S/c1-13-11-14(2)22-20(21-13)24-29(26,27)18-9-7-16(8-10-18)23-19(25)15-5-4-6-17(12-15)28-3/h4-12H,1-3H3,(H,23,25)(H,21,22,24). The fourth-order valence-electron chi connectivity index (χ4n) is 2.64. The summed E-state index contributed by atoms with van der Waals surface area (Å²) < 4.78 is 32.6. The van der Waals surface area contributed by atoms with Gasteiger partial charge >= 0.3 is 0 Å². The van der Waals surface area contributed by atoms with Crippen molar-refractivity contribution in [1.82, 2.24) is 9.97 Å². The Morgan fingerprint density at radius 2 is 1.62 bits per heavy atom. The van der Waals surface area contributed by atoms with Crippen LogP contribution in [0.1, 0.15) is 21.7 Å². The van der Waals surface area contributed by atoms with Crippen molar-refractivity contribution in [2.75, 3.05) is 17.1 Å². The number of amides is 1. The number of ether oxygens (including phenoxy) is 1. The molecule has 0 fully saturated rings. The summed E-state index contributed by atoms with van der Waals surface area (Å²) in [5, 5.41) is 2.72. The van der Waals surface area contributed by atoms with E-state index in [-0.39, 0.29) is 16.8 Å². The van der Waals surface area contributed by atoms with Crippen molar-refractivity contribution in [2.45, 2.75) is 18.7 Å². The number of nitrogens with one attached hydrogen (secondary N) is 2. The zero-order valence-electron chi connectivity index (χ0n) is 16.1. The lowest BCUT2D eigenvalue weighted by Gasteiger charge is -2.10. The Kier molecular flexibility index (Phi) is 5.79. The van der Waals surface area contributed by atoms with Crippen LogP contribution in [0.2, 0.25) is 0 Å². The number of carbonyl (C=O) groups is 1. The molecule has 0 aliphatic rings. The van der Waals surface area contributed by atoms with Gasteiger partial charge < -0.3 is 10.1 Å². The van der Waals surface area contributed by atoms with Crippen molar-refractivity contribution < 1.29 is 17.9 Å². The van der Waals surface area contributed by atoms with Gasteiger partial charge in [0.2, 0.25) is 5.95 Å². The first-order valence-electron chi connectivity index (χ1n) is 8.67. The number of benzene rings is 2. The van der Waals surface area contributed by atoms with Gasteiger partial charge in [0, 0.05) is 22.6 Å². The lowest BCUT2D eigenvalue weighted by atomic mass is 10.2. The molecule has 0 bridgehead atoms. The smallest absolute Gasteiger partial charge is 0.264 e. The summed E-state index contributed by atoms with van der Waals surface area (Å²) >= 11 is 0. The number of aryl methyl sites for hydroxylation is 2. The summed E-state index contributed by atoms with van der Waals surface area (Å²) in [6.45, 7) is 3.51. The average Bonchev–Trinajstić information content (AvgIpc) is 2.67. The van der Waals surface area contributed by atoms with Gasteiger partial charge in [-0.1, -0.05) is 6.07 Å². The molecule has 2 aromatic carbocycles. The molecule has 3 aromatic rings. The van der Waals surface area contributed by atoms with Crippen molar-refractivity contribution in [1.29, 1.82) is 0 Å². The minimum Gasteiger partial charge on any atom is -0.497 e. The van der Waals surface area contributed by atoms with Crippen LogP contribution in [-0.2, 0) is 10.0 Å². The van der Waals surface area contributed by atoms with Gasteiger partial charge in [0.1, 0.15) is 5.75 Å². The van der Waals surface area contributed by atoms with Crippen LogP contribution in [0.5, 0.6) is 5.75 Å². The third-order valence-corrected chi connectivity index (χ3v) is 5.31. The predicted octanol–water partition coefficient (Wildman–Crippen LogP) is 3.16. The second-order valence-corrected chi connectivity index (χ2v) is 7.97. The number of carbonyl (C=O) groups excluding carboxylic acids is 1. The van der Waals surface area contributed by atoms with Gasteiger partial charge in [-0.3, -0.25) is 4.79 Å². The maximum absolute atomic E-state index is 12.6. The molecule has 0 saturated carbocycles. The van der Waals surface area contributed by atoms with Crippen molar-refractivity contribution in [3.8, 4) is 5.75 Å². The molecule has 150 valence electrons. The number of hydrogen-bond donors (Lipinski definition) is 2. The third-order valence-electron chi connectivity index (χ3n) is 3.96. The van der Waals surface area contributed by atoms with E-state index in [1.807, 2.05) is 0 Å². The van der Waals surface area contributed by atoms with Gasteiger partial charge in [0.15, 0.2) is 0 Å². The Bertz CT molecular complexity index is 1130. The van der Waals surface area contributed by atoms with Gasteiger partial charge in [0.05, 0.1) is 12.0 Å². The molecule has 0 saturated heterocycles. The van der Waals surface area contributed by atoms with E-state index in [2.05, 4.69) is 20.0 Å². The molecule has 8 nitrogen and oxygen atoms in total. The van der Waals surface area contributed by atoms with Crippen molar-refractivity contribution in [3.05, 3.63) is 71.5 Å². The Morgan fingerprint density at radius 3 is 2.24 bits per heavy atom. The number of sulfonamides is 1. The maximum Gasteiger partial charge on any atom is 0.264 e. The summed E-state index contributed by atoms with van der Waals surface area (Å²) in [5.74, 6) is 0.248. The normalized spacial score (nSPS) is 11.0. The highest BCUT2D eigenvalue weighted by molar-refractivity contribution is 7.92. The van der Waals surface area contributed by atoms with Gasteiger partial charge in [-0.2, -0.15) is 0 Å². The van der Waals surface area contributed by atoms with Crippen LogP contribution < -0.4 is 14.8 Å². The van der Waals surface area contributed by atoms with E-state index in [0.29, 0.717) is 28.4 Å². The van der Waals surface area contributed by atoms with Crippen molar-refractivity contribution >= 4 is 27.6 Å². The Labute approximate surface area is 169 Å². The van der Waals surface area contributed by atoms with Gasteiger partial charge in [-0.25, -0.2) is 23.1 Å². The fourth-order valence-corrected chi connectivity index (χ4v) is 3.58. The highest BCUT2D eigenvalue weighted by Gasteiger charge is 2.16. The van der Waals surface area contributed by atoms with Crippen LogP contribution in [0.3, 0.4) is 0 Å². The van der Waals surface area contributed by atoms with Crippen molar-refractivity contribution in [2.24, 2.45) is 0 Å². The zero-order chi connectivity index (χ0) is 21.0. The largest absolute Gasteiger partial charge is 0.497 e. The summed E-state index contributed by atoms with van der Waals surface area (Å²) in [4.78, 5) is 20.5. The molecule has 0 unspecified atom stereocenters. The first-order chi connectivity index (χ1) is 13.8. The Morgan fingerprint density at radius 1 is 0.966 bits per heavy atom. The first kappa shape index (κ1) is 20.3. The number of hydrogen-bond acceptors (Lipinski definition) is 6. The highest BCUT2D eigenvalue weighted by Crippen LogP contribution is 2.19. The number of rotatable bonds is 6. The Balaban J connectivity index is 1.74. The molecule has 1 heterocycles. The van der Waals surface area contributed by atoms with E-state index in [1.54, 1.807) is 44.2 Å². The summed E-state index contributed by atoms with van der Waals surface area (Å²) in [6, 6.07) is 14.3. The summed E-state index contributed by atoms with van der Waals surface area (Å²) in [5.41, 5.74) is 2.20. The highest BCUT2D eigenvalue weighted by atomic mass is 32.2. The molecule has 0 aliphatic heterocycles. The van der Waals surface area contributed by atoms with E-state index in [0.717, 1.165) is 0 Å². The molecule has 0 aliphatic carbocycles. The minimum atomic E-state index is -3.86. The molecule has 0 radical (unpaired) electrons. The maximum atomic E-state index is 12.6. The Hall–Kier alpha value is -3.46. The number of aromatic nitrogens is 2. The minimum absolute atomic E-state index is 0.0119. The number of nitrogens with zero attached hydrogens (tertiary/aromatic N) is 2. The third kappa shape index (κ3) is 5.08. The van der Waals surface area contributed by atoms with Crippen LogP contribution in [0, 0.1) is 13.8 Å². The first-order valence-corrected chi connectivity index (χ1v) is 10.2. The van der Waals surface area contributed by atoms with E-state index in [4.69, 9.17) is 4.74 Å². The van der Waals surface area contributed by atoms with Crippen LogP contribution >= 0.6 is 0 Å². The molecule has 1 aromatic heterocycles. The molecule has 29 heavy (non-hydrogen) atoms. The van der Waals surface area contributed by atoms with Gasteiger partial charge in [-0.05, 0) is 62.4 Å². The molecule has 0 spiro atoms. The molecular formula is C20H20N4O4S. The second-order valence-electron chi connectivity index (χ2n) is 6.29. The van der Waals surface area contributed by atoms with Crippen LogP contribution in [0.25, 0.3) is 0 Å². The summed E-state index contributed by atoms with van der Waals surface area (Å²) in [7, 11) is -2.34. The molecule has 9 heteroatoms. The van der Waals surface area contributed by atoms with Crippen molar-refractivity contribution in [3.63, 3.8) is 0 Å². The fraction of sp³-hybridized carbons (Fsp3) is 0.150. The van der Waals surface area contributed by atoms with E-state index in [9.17, 15) is 13.2 Å². The van der Waals surface area contributed by atoms with E-state index in [1.165, 1.54) is 31.4 Å². The second kappa shape index (κ2) is 8.27. The van der Waals surface area contributed by atoms with Gasteiger partial charge in [-0.15, -0.1) is 0 Å². The molecular weight excluding hydrogens is 392 g/mol. The van der Waals surface area contributed by atoms with Gasteiger partial charge in [0.25, 0.3) is 15.9 Å². The van der Waals surface area contributed by atoms with Crippen LogP contribution in [-0.4, -0.2) is 31.4 Å². The molecule has 1 amide bonds. The molecule has 2 N–H and O–H groups in total. The lowest BCUT2D eigenvalue weighted by Crippen LogP contribution is -2.16. The topological polar surface area (TPSA) is 110 Å². The molecule has 3 rings (SSSR count). The lowest BCUT2D eigenvalue weighted by molar-refractivity contribution is 0.102. The monoisotopic (exact) mass is 412 g/mol.